The second-order valence-corrected chi connectivity index (χ2v) is 12.8. The number of nitrogens with one attached hydrogen (secondary N) is 2. The molecule has 13 heteroatoms. The normalized spacial score (nSPS) is 11.6. The van der Waals surface area contributed by atoms with E-state index in [0.717, 1.165) is 4.31 Å². The van der Waals surface area contributed by atoms with Crippen LogP contribution >= 0.6 is 34.8 Å². The van der Waals surface area contributed by atoms with Gasteiger partial charge in [-0.3, -0.25) is 13.8 Å². The van der Waals surface area contributed by atoms with Gasteiger partial charge in [-0.05, 0) is 72.8 Å². The predicted octanol–water partition coefficient (Wildman–Crippen LogP) is 6.28. The first-order valence-electron chi connectivity index (χ1n) is 11.2. The quantitative estimate of drug-likeness (QED) is 0.228. The summed E-state index contributed by atoms with van der Waals surface area (Å²) in [6, 6.07) is 23.6. The van der Waals surface area contributed by atoms with E-state index in [0.29, 0.717) is 5.02 Å². The van der Waals surface area contributed by atoms with Crippen molar-refractivity contribution in [1.82, 2.24) is 0 Å². The van der Waals surface area contributed by atoms with Gasteiger partial charge < -0.3 is 5.32 Å². The fourth-order valence-electron chi connectivity index (χ4n) is 3.48. The summed E-state index contributed by atoms with van der Waals surface area (Å²) >= 11 is 18.0. The standard InChI is InChI=1S/C26H20Cl3N3O5S2/c27-18-9-13-20(14-10-18)32(39(36,37)22-5-2-1-3-6-22)17-25(33)30-19-11-15-21(16-12-19)38(34,35)31-24-8-4-7-23(28)26(24)29/h1-16,31H,17H2,(H,30,33). The molecule has 4 rings (SSSR count). The van der Waals surface area contributed by atoms with E-state index in [1.54, 1.807) is 24.3 Å². The Bertz CT molecular complexity index is 1700. The molecule has 0 heterocycles. The van der Waals surface area contributed by atoms with Crippen molar-refractivity contribution in [2.45, 2.75) is 9.79 Å². The third-order valence-corrected chi connectivity index (χ3v) is 9.62. The predicted molar refractivity (Wildman–Crippen MR) is 155 cm³/mol. The maximum Gasteiger partial charge on any atom is 0.264 e. The summed E-state index contributed by atoms with van der Waals surface area (Å²) in [7, 11) is -8.11. The lowest BCUT2D eigenvalue weighted by atomic mass is 10.3. The summed E-state index contributed by atoms with van der Waals surface area (Å²) in [6.07, 6.45) is 0. The van der Waals surface area contributed by atoms with Crippen LogP contribution < -0.4 is 14.3 Å². The third kappa shape index (κ3) is 6.84. The number of amides is 1. The van der Waals surface area contributed by atoms with Crippen molar-refractivity contribution >= 4 is 77.8 Å². The molecule has 2 N–H and O–H groups in total. The second-order valence-electron chi connectivity index (χ2n) is 8.08. The summed E-state index contributed by atoms with van der Waals surface area (Å²) < 4.78 is 55.7. The van der Waals surface area contributed by atoms with Crippen molar-refractivity contribution in [1.29, 1.82) is 0 Å². The average Bonchev–Trinajstić information content (AvgIpc) is 2.91. The maximum atomic E-state index is 13.4. The highest BCUT2D eigenvalue weighted by Crippen LogP contribution is 2.31. The van der Waals surface area contributed by atoms with Gasteiger partial charge in [0.05, 0.1) is 31.2 Å². The monoisotopic (exact) mass is 623 g/mol. The lowest BCUT2D eigenvalue weighted by Crippen LogP contribution is -2.38. The van der Waals surface area contributed by atoms with Crippen molar-refractivity contribution in [2.75, 3.05) is 20.9 Å². The van der Waals surface area contributed by atoms with Gasteiger partial charge in [0.2, 0.25) is 5.91 Å². The Morgan fingerprint density at radius 1 is 0.718 bits per heavy atom. The number of carbonyl (C=O) groups is 1. The topological polar surface area (TPSA) is 113 Å². The Morgan fingerprint density at radius 2 is 1.36 bits per heavy atom. The number of carbonyl (C=O) groups excluding carboxylic acids is 1. The first kappa shape index (κ1) is 28.7. The van der Waals surface area contributed by atoms with Gasteiger partial charge in [0.15, 0.2) is 0 Å². The molecule has 0 aromatic heterocycles. The summed E-state index contributed by atoms with van der Waals surface area (Å²) in [4.78, 5) is 12.8. The molecular formula is C26H20Cl3N3O5S2. The van der Waals surface area contributed by atoms with Gasteiger partial charge in [-0.1, -0.05) is 59.1 Å². The van der Waals surface area contributed by atoms with Crippen molar-refractivity contribution in [3.05, 3.63) is 112 Å². The van der Waals surface area contributed by atoms with Crippen LogP contribution in [0, 0.1) is 0 Å². The van der Waals surface area contributed by atoms with E-state index in [4.69, 9.17) is 34.8 Å². The largest absolute Gasteiger partial charge is 0.325 e. The zero-order valence-electron chi connectivity index (χ0n) is 19.9. The molecular weight excluding hydrogens is 605 g/mol. The number of hydrogen-bond donors (Lipinski definition) is 2. The lowest BCUT2D eigenvalue weighted by Gasteiger charge is -2.24. The molecule has 0 aliphatic carbocycles. The molecule has 0 aliphatic heterocycles. The van der Waals surface area contributed by atoms with Crippen LogP contribution in [0.3, 0.4) is 0 Å². The molecule has 0 radical (unpaired) electrons. The number of sulfonamides is 2. The minimum atomic E-state index is -4.10. The summed E-state index contributed by atoms with van der Waals surface area (Å²) in [5.41, 5.74) is 0.613. The first-order valence-corrected chi connectivity index (χ1v) is 15.2. The van der Waals surface area contributed by atoms with E-state index in [1.165, 1.54) is 72.8 Å². The van der Waals surface area contributed by atoms with Gasteiger partial charge in [0.25, 0.3) is 20.0 Å². The van der Waals surface area contributed by atoms with Crippen molar-refractivity contribution in [3.8, 4) is 0 Å². The van der Waals surface area contributed by atoms with Crippen LogP contribution in [-0.4, -0.2) is 29.3 Å². The van der Waals surface area contributed by atoms with Gasteiger partial charge in [-0.15, -0.1) is 0 Å². The number of anilines is 3. The van der Waals surface area contributed by atoms with Crippen molar-refractivity contribution in [3.63, 3.8) is 0 Å². The fourth-order valence-corrected chi connectivity index (χ4v) is 6.52. The van der Waals surface area contributed by atoms with Crippen LogP contribution in [-0.2, 0) is 24.8 Å². The van der Waals surface area contributed by atoms with Crippen molar-refractivity contribution in [2.24, 2.45) is 0 Å². The van der Waals surface area contributed by atoms with E-state index in [1.807, 2.05) is 0 Å². The number of hydrogen-bond acceptors (Lipinski definition) is 5. The van der Waals surface area contributed by atoms with E-state index >= 15 is 0 Å². The highest BCUT2D eigenvalue weighted by molar-refractivity contribution is 7.93. The van der Waals surface area contributed by atoms with Crippen LogP contribution in [0.5, 0.6) is 0 Å². The van der Waals surface area contributed by atoms with Crippen LogP contribution in [0.2, 0.25) is 15.1 Å². The number of halogens is 3. The molecule has 202 valence electrons. The smallest absolute Gasteiger partial charge is 0.264 e. The minimum absolute atomic E-state index is 0.00890. The zero-order valence-corrected chi connectivity index (χ0v) is 23.8. The molecule has 0 saturated carbocycles. The van der Waals surface area contributed by atoms with Crippen LogP contribution in [0.15, 0.2) is 107 Å². The Kier molecular flexibility index (Phi) is 8.73. The van der Waals surface area contributed by atoms with E-state index in [9.17, 15) is 21.6 Å². The summed E-state index contributed by atoms with van der Waals surface area (Å²) in [6.45, 7) is -0.548. The molecule has 4 aromatic rings. The van der Waals surface area contributed by atoms with Gasteiger partial charge in [-0.2, -0.15) is 0 Å². The van der Waals surface area contributed by atoms with E-state index in [-0.39, 0.29) is 36.9 Å². The molecule has 4 aromatic carbocycles. The molecule has 0 saturated heterocycles. The van der Waals surface area contributed by atoms with Crippen LogP contribution in [0.25, 0.3) is 0 Å². The average molecular weight is 625 g/mol. The Labute approximate surface area is 241 Å². The molecule has 39 heavy (non-hydrogen) atoms. The molecule has 1 amide bonds. The van der Waals surface area contributed by atoms with E-state index < -0.39 is 32.5 Å². The number of benzene rings is 4. The Hall–Kier alpha value is -3.28. The molecule has 0 spiro atoms. The zero-order chi connectivity index (χ0) is 28.2. The SMILES string of the molecule is O=C(CN(c1ccc(Cl)cc1)S(=O)(=O)c1ccccc1)Nc1ccc(S(=O)(=O)Nc2cccc(Cl)c2Cl)cc1. The van der Waals surface area contributed by atoms with E-state index in [2.05, 4.69) is 10.0 Å². The first-order chi connectivity index (χ1) is 18.5. The minimum Gasteiger partial charge on any atom is -0.325 e. The highest BCUT2D eigenvalue weighted by Gasteiger charge is 2.27. The van der Waals surface area contributed by atoms with Crippen LogP contribution in [0.4, 0.5) is 17.1 Å². The van der Waals surface area contributed by atoms with Gasteiger partial charge in [0.1, 0.15) is 6.54 Å². The highest BCUT2D eigenvalue weighted by atomic mass is 35.5. The summed E-state index contributed by atoms with van der Waals surface area (Å²) in [5, 5.41) is 3.25. The maximum absolute atomic E-state index is 13.4. The fraction of sp³-hybridized carbons (Fsp3) is 0.0385. The Morgan fingerprint density at radius 3 is 2.00 bits per heavy atom. The molecule has 0 atom stereocenters. The van der Waals surface area contributed by atoms with Crippen LogP contribution in [0.1, 0.15) is 0 Å². The van der Waals surface area contributed by atoms with Gasteiger partial charge >= 0.3 is 0 Å². The number of nitrogens with zero attached hydrogens (tertiary/aromatic N) is 1. The third-order valence-electron chi connectivity index (χ3n) is 5.38. The lowest BCUT2D eigenvalue weighted by molar-refractivity contribution is -0.114. The molecule has 0 unspecified atom stereocenters. The molecule has 0 bridgehead atoms. The summed E-state index contributed by atoms with van der Waals surface area (Å²) in [5.74, 6) is -0.649. The molecule has 0 fully saturated rings. The molecule has 0 aliphatic rings. The Balaban J connectivity index is 1.52. The molecule has 8 nitrogen and oxygen atoms in total. The second kappa shape index (κ2) is 11.8. The number of rotatable bonds is 9. The van der Waals surface area contributed by atoms with Gasteiger partial charge in [-0.25, -0.2) is 16.8 Å². The van der Waals surface area contributed by atoms with Gasteiger partial charge in [0, 0.05) is 10.7 Å². The van der Waals surface area contributed by atoms with Crippen molar-refractivity contribution < 1.29 is 21.6 Å².